The number of carbonyl (C=O) groups is 6. The number of hydrogen-bond acceptors (Lipinski definition) is 15. The minimum atomic E-state index is -4.58. The normalized spacial score (nSPS) is 41.7. The van der Waals surface area contributed by atoms with Crippen molar-refractivity contribution in [3.05, 3.63) is 0 Å². The molecule has 48 heavy (non-hydrogen) atoms. The Labute approximate surface area is 274 Å². The number of carbonyl (C=O) groups excluding carboxylic acids is 6. The van der Waals surface area contributed by atoms with Gasteiger partial charge in [0.2, 0.25) is 11.8 Å². The van der Waals surface area contributed by atoms with Crippen molar-refractivity contribution in [3.63, 3.8) is 0 Å². The maximum atomic E-state index is 14.0. The number of phosphoric acid groups is 1. The van der Waals surface area contributed by atoms with Gasteiger partial charge in [0.25, 0.3) is 0 Å². The van der Waals surface area contributed by atoms with Gasteiger partial charge in [-0.25, -0.2) is 14.2 Å². The molecule has 19 nitrogen and oxygen atoms in total. The van der Waals surface area contributed by atoms with Gasteiger partial charge in [-0.15, -0.1) is 0 Å². The van der Waals surface area contributed by atoms with Crippen LogP contribution in [0.1, 0.15) is 52.9 Å². The van der Waals surface area contributed by atoms with E-state index in [1.165, 1.54) is 30.6 Å². The van der Waals surface area contributed by atoms with E-state index in [1.807, 2.05) is 6.07 Å². The van der Waals surface area contributed by atoms with E-state index < -0.39 is 111 Å². The molecule has 5 saturated heterocycles. The number of aliphatic hydroxyl groups is 1. The number of fused-ring (bicyclic) bond motifs is 7. The van der Waals surface area contributed by atoms with Crippen molar-refractivity contribution in [2.45, 2.75) is 102 Å². The molecule has 5 aliphatic heterocycles. The summed E-state index contributed by atoms with van der Waals surface area (Å²) in [5, 5.41) is 24.5. The highest BCUT2D eigenvalue weighted by Crippen LogP contribution is 2.64. The van der Waals surface area contributed by atoms with Crippen LogP contribution < -0.4 is 10.6 Å². The molecule has 0 radical (unpaired) electrons. The number of esters is 1. The number of Topliss-reactive ketones (excluding diaryl/α,β-unsaturated/α-hetero) is 1. The second-order valence-electron chi connectivity index (χ2n) is 12.9. The minimum Gasteiger partial charge on any atom is -0.463 e. The largest absolute Gasteiger partial charge is 0.475 e. The first-order chi connectivity index (χ1) is 22.6. The Bertz CT molecular complexity index is 1520. The first-order valence-corrected chi connectivity index (χ1v) is 17.0. The van der Waals surface area contributed by atoms with Crippen LogP contribution in [0.15, 0.2) is 0 Å². The fourth-order valence-electron chi connectivity index (χ4n) is 7.53. The Morgan fingerprint density at radius 3 is 2.19 bits per heavy atom. The van der Waals surface area contributed by atoms with Crippen molar-refractivity contribution in [3.8, 4) is 6.07 Å². The van der Waals surface area contributed by atoms with Gasteiger partial charge in [-0.05, 0) is 20.8 Å². The van der Waals surface area contributed by atoms with Crippen LogP contribution in [-0.4, -0.2) is 119 Å². The lowest BCUT2D eigenvalue weighted by Crippen LogP contribution is -2.92. The van der Waals surface area contributed by atoms with E-state index in [0.29, 0.717) is 0 Å². The zero-order valence-electron chi connectivity index (χ0n) is 26.3. The third-order valence-corrected chi connectivity index (χ3v) is 11.7. The number of amides is 6. The second kappa shape index (κ2) is 12.4. The van der Waals surface area contributed by atoms with Gasteiger partial charge in [0.05, 0.1) is 61.1 Å². The number of nitrogens with one attached hydrogen (secondary N) is 2. The zero-order chi connectivity index (χ0) is 34.8. The van der Waals surface area contributed by atoms with Crippen LogP contribution in [0.2, 0.25) is 0 Å². The molecule has 1 aliphatic carbocycles. The molecule has 262 valence electrons. The van der Waals surface area contributed by atoms with Gasteiger partial charge < -0.3 is 24.1 Å². The Morgan fingerprint density at radius 2 is 1.60 bits per heavy atom. The first-order valence-electron chi connectivity index (χ1n) is 15.5. The van der Waals surface area contributed by atoms with E-state index in [4.69, 9.17) is 33.0 Å². The van der Waals surface area contributed by atoms with Crippen LogP contribution in [0.3, 0.4) is 0 Å². The van der Waals surface area contributed by atoms with Crippen molar-refractivity contribution in [2.75, 3.05) is 19.8 Å². The fourth-order valence-corrected chi connectivity index (χ4v) is 8.93. The van der Waals surface area contributed by atoms with Crippen molar-refractivity contribution in [1.29, 1.82) is 5.26 Å². The smallest absolute Gasteiger partial charge is 0.463 e. The van der Waals surface area contributed by atoms with Crippen LogP contribution in [0.25, 0.3) is 0 Å². The number of ketones is 1. The Hall–Kier alpha value is -3.50. The summed E-state index contributed by atoms with van der Waals surface area (Å²) >= 11 is 0. The highest BCUT2D eigenvalue weighted by molar-refractivity contribution is 7.48. The molecule has 11 atom stereocenters. The van der Waals surface area contributed by atoms with Crippen molar-refractivity contribution >= 4 is 43.5 Å². The number of urea groups is 2. The number of hydrogen-bond donors (Lipinski definition) is 3. The number of nitriles is 1. The average Bonchev–Trinajstić information content (AvgIpc) is 3.59. The Morgan fingerprint density at radius 1 is 1.00 bits per heavy atom. The summed E-state index contributed by atoms with van der Waals surface area (Å²) in [5.74, 6) is -2.47. The molecule has 0 aromatic heterocycles. The third-order valence-electron chi connectivity index (χ3n) is 10.2. The number of ether oxygens (including phenoxy) is 3. The van der Waals surface area contributed by atoms with Crippen LogP contribution in [0, 0.1) is 22.2 Å². The molecule has 0 aromatic carbocycles. The molecular weight excluding hydrogens is 661 g/mol. The molecule has 5 heterocycles. The van der Waals surface area contributed by atoms with Crippen LogP contribution in [0.5, 0.6) is 0 Å². The van der Waals surface area contributed by atoms with Crippen LogP contribution >= 0.6 is 7.82 Å². The van der Waals surface area contributed by atoms with Crippen molar-refractivity contribution in [2.24, 2.45) is 10.8 Å². The number of nitrogens with zero attached hydrogens (tertiary/aromatic N) is 3. The van der Waals surface area contributed by atoms with Crippen molar-refractivity contribution < 1.29 is 66.2 Å². The van der Waals surface area contributed by atoms with Gasteiger partial charge in [-0.2, -0.15) is 5.26 Å². The number of phosphoric ester groups is 1. The predicted octanol–water partition coefficient (Wildman–Crippen LogP) is -0.190. The molecule has 6 aliphatic rings. The Kier molecular flexibility index (Phi) is 8.90. The summed E-state index contributed by atoms with van der Waals surface area (Å²) < 4.78 is 48.3. The fraction of sp³-hybridized carbons (Fsp3) is 0.750. The lowest BCUT2D eigenvalue weighted by atomic mass is 9.42. The van der Waals surface area contributed by atoms with E-state index in [9.17, 15) is 38.4 Å². The maximum absolute atomic E-state index is 14.0. The highest BCUT2D eigenvalue weighted by atomic mass is 31.2. The lowest BCUT2D eigenvalue weighted by Gasteiger charge is -2.72. The summed E-state index contributed by atoms with van der Waals surface area (Å²) in [6.07, 6.45) is -8.16. The molecule has 6 rings (SSSR count). The van der Waals surface area contributed by atoms with Gasteiger partial charge >= 0.3 is 25.9 Å². The molecule has 3 N–H and O–H groups in total. The minimum absolute atomic E-state index is 0.0655. The third kappa shape index (κ3) is 5.39. The van der Waals surface area contributed by atoms with E-state index >= 15 is 0 Å². The molecule has 9 unspecified atom stereocenters. The molecule has 6 amide bonds. The van der Waals surface area contributed by atoms with Gasteiger partial charge in [0.1, 0.15) is 43.2 Å². The summed E-state index contributed by atoms with van der Waals surface area (Å²) in [4.78, 5) is 80.3. The molecule has 1 saturated carbocycles. The highest BCUT2D eigenvalue weighted by Gasteiger charge is 2.82. The van der Waals surface area contributed by atoms with E-state index in [1.54, 1.807) is 0 Å². The second-order valence-corrected chi connectivity index (χ2v) is 14.6. The molecular formula is C28H36N5O14P. The summed E-state index contributed by atoms with van der Waals surface area (Å²) in [6.45, 7) is 2.92. The standard InChI is InChI=1S/C28H36N5O14P/c1-13(34)5-6-20(36)42-11-17-15-10-19(46-17)33-22-21-27(2,28(22,3)24(38)31-26(33)40)23(37)30-25(39)32(21)18-9-14(35)16(45-18)12-44-48(41,47-15)43-8-4-7-29/h14-19,21-22,35H,4-6,8-12H2,1-3H3,(H,30,37,39)(H,31,38,40)/t14?,15?,16?,17?,18?,19?,21?,22?,27-,28+,48?/m0/s1. The van der Waals surface area contributed by atoms with Gasteiger partial charge in [-0.3, -0.25) is 48.4 Å². The Balaban J connectivity index is 1.40. The lowest BCUT2D eigenvalue weighted by molar-refractivity contribution is -0.242. The molecule has 20 heteroatoms. The molecule has 0 spiro atoms. The van der Waals surface area contributed by atoms with Crippen LogP contribution in [-0.2, 0) is 51.5 Å². The molecule has 6 fully saturated rings. The predicted molar refractivity (Wildman–Crippen MR) is 153 cm³/mol. The SMILES string of the molecule is CC(=O)CCC(=O)OCC1OC2CC1OP(=O)(OCCC#N)OCC1OC(CC1O)N1C(=O)NC(=O)[C@]3(C)C1C1N2C(=O)NC(=O)[C@@]13C. The van der Waals surface area contributed by atoms with Gasteiger partial charge in [0, 0.05) is 19.3 Å². The number of aliphatic hydroxyl groups excluding tert-OH is 1. The summed E-state index contributed by atoms with van der Waals surface area (Å²) in [7, 11) is -4.58. The number of rotatable bonds is 8. The van der Waals surface area contributed by atoms with Crippen LogP contribution in [0.4, 0.5) is 9.59 Å². The van der Waals surface area contributed by atoms with E-state index in [-0.39, 0.29) is 44.5 Å². The molecule has 0 aromatic rings. The quantitative estimate of drug-likeness (QED) is 0.169. The first kappa shape index (κ1) is 34.4. The monoisotopic (exact) mass is 697 g/mol. The zero-order valence-corrected chi connectivity index (χ0v) is 27.2. The van der Waals surface area contributed by atoms with Gasteiger partial charge in [-0.1, -0.05) is 0 Å². The maximum Gasteiger partial charge on any atom is 0.475 e. The topological polar surface area (TPSA) is 249 Å². The summed E-state index contributed by atoms with van der Waals surface area (Å²) in [5.41, 5.74) is -3.17. The van der Waals surface area contributed by atoms with E-state index in [2.05, 4.69) is 10.6 Å². The number of imide groups is 2. The average molecular weight is 698 g/mol. The summed E-state index contributed by atoms with van der Waals surface area (Å²) in [6, 6.07) is -2.21. The molecule has 4 bridgehead atoms. The van der Waals surface area contributed by atoms with Crippen molar-refractivity contribution in [1.82, 2.24) is 20.4 Å². The van der Waals surface area contributed by atoms with Gasteiger partial charge in [0.15, 0.2) is 0 Å². The van der Waals surface area contributed by atoms with E-state index in [0.717, 1.165) is 0 Å².